The van der Waals surface area contributed by atoms with E-state index in [9.17, 15) is 9.59 Å². The summed E-state index contributed by atoms with van der Waals surface area (Å²) >= 11 is 0. The summed E-state index contributed by atoms with van der Waals surface area (Å²) in [5.41, 5.74) is 4.43. The Morgan fingerprint density at radius 2 is 1.63 bits per heavy atom. The number of rotatable bonds is 8. The minimum absolute atomic E-state index is 0.0508. The molecular formula is C29H38N4O5. The monoisotopic (exact) mass is 522 g/mol. The van der Waals surface area contributed by atoms with E-state index in [1.54, 1.807) is 6.20 Å². The molecule has 0 spiro atoms. The van der Waals surface area contributed by atoms with Crippen LogP contribution in [-0.4, -0.2) is 54.2 Å². The molecule has 204 valence electrons. The Bertz CT molecular complexity index is 1180. The second-order valence-corrected chi connectivity index (χ2v) is 9.43. The minimum Gasteiger partial charge on any atom is -0.445 e. The van der Waals surface area contributed by atoms with Crippen molar-refractivity contribution in [1.29, 1.82) is 0 Å². The van der Waals surface area contributed by atoms with Gasteiger partial charge in [-0.1, -0.05) is 36.4 Å². The molecule has 1 aliphatic rings. The maximum absolute atomic E-state index is 11.9. The van der Waals surface area contributed by atoms with Crippen molar-refractivity contribution in [2.45, 2.75) is 59.5 Å². The minimum atomic E-state index is -0.489. The summed E-state index contributed by atoms with van der Waals surface area (Å²) < 4.78 is 15.6. The highest BCUT2D eigenvalue weighted by Crippen LogP contribution is 2.18. The smallest absolute Gasteiger partial charge is 0.409 e. The van der Waals surface area contributed by atoms with Gasteiger partial charge in [0.1, 0.15) is 20.1 Å². The van der Waals surface area contributed by atoms with Crippen LogP contribution in [0.3, 0.4) is 0 Å². The molecule has 3 aromatic rings. The maximum atomic E-state index is 11.9. The third-order valence-corrected chi connectivity index (χ3v) is 5.73. The summed E-state index contributed by atoms with van der Waals surface area (Å²) in [5, 5.41) is 6.33. The number of carbonyl (C=O) groups excluding carboxylic acids is 2. The molecule has 9 nitrogen and oxygen atoms in total. The first-order valence-electron chi connectivity index (χ1n) is 12.9. The molecule has 0 bridgehead atoms. The Hall–Kier alpha value is -3.69. The average molecular weight is 523 g/mol. The lowest BCUT2D eigenvalue weighted by molar-refractivity contribution is 0.0568. The van der Waals surface area contributed by atoms with Gasteiger partial charge in [0.25, 0.3) is 0 Å². The second kappa shape index (κ2) is 14.9. The number of nitrogens with zero attached hydrogens (tertiary/aromatic N) is 2. The normalized spacial score (nSPS) is 12.5. The molecule has 3 amide bonds. The van der Waals surface area contributed by atoms with Gasteiger partial charge in [-0.15, -0.1) is 0 Å². The molecule has 9 heteroatoms. The number of carbonyl (C=O) groups is 2. The molecule has 2 heterocycles. The molecule has 0 aliphatic carbocycles. The molecule has 4 rings (SSSR count). The molecule has 0 saturated carbocycles. The summed E-state index contributed by atoms with van der Waals surface area (Å²) in [7, 11) is 0. The molecule has 2 N–H and O–H groups in total. The first kappa shape index (κ1) is 28.9. The van der Waals surface area contributed by atoms with Crippen LogP contribution in [0.4, 0.5) is 9.59 Å². The number of benzene rings is 2. The van der Waals surface area contributed by atoms with Gasteiger partial charge in [-0.3, -0.25) is 10.3 Å². The SMILES string of the molecule is CC(C)OCNC(=O)N1CCc2ccccc2C1.CC(C)OCNC(=O)OCc1ccc2ncccc2c1. The van der Waals surface area contributed by atoms with Crippen molar-refractivity contribution in [2.24, 2.45) is 0 Å². The topological polar surface area (TPSA) is 102 Å². The fourth-order valence-corrected chi connectivity index (χ4v) is 3.73. The van der Waals surface area contributed by atoms with Gasteiger partial charge < -0.3 is 24.4 Å². The Morgan fingerprint density at radius 3 is 2.37 bits per heavy atom. The van der Waals surface area contributed by atoms with Crippen molar-refractivity contribution in [2.75, 3.05) is 20.0 Å². The number of hydrogen-bond donors (Lipinski definition) is 2. The van der Waals surface area contributed by atoms with Crippen LogP contribution >= 0.6 is 0 Å². The van der Waals surface area contributed by atoms with Crippen LogP contribution in [-0.2, 0) is 33.8 Å². The zero-order chi connectivity index (χ0) is 27.3. The number of amides is 3. The van der Waals surface area contributed by atoms with Crippen molar-refractivity contribution in [3.8, 4) is 0 Å². The molecule has 38 heavy (non-hydrogen) atoms. The highest BCUT2D eigenvalue weighted by Gasteiger charge is 2.19. The van der Waals surface area contributed by atoms with Gasteiger partial charge in [-0.2, -0.15) is 0 Å². The van der Waals surface area contributed by atoms with Crippen LogP contribution in [0.5, 0.6) is 0 Å². The Morgan fingerprint density at radius 1 is 0.921 bits per heavy atom. The van der Waals surface area contributed by atoms with Gasteiger partial charge in [0, 0.05) is 24.7 Å². The number of urea groups is 1. The quantitative estimate of drug-likeness (QED) is 0.405. The highest BCUT2D eigenvalue weighted by atomic mass is 16.6. The molecular weight excluding hydrogens is 484 g/mol. The molecule has 1 aliphatic heterocycles. The van der Waals surface area contributed by atoms with Gasteiger partial charge in [0.15, 0.2) is 0 Å². The lowest BCUT2D eigenvalue weighted by Crippen LogP contribution is -2.43. The van der Waals surface area contributed by atoms with Crippen molar-refractivity contribution in [1.82, 2.24) is 20.5 Å². The largest absolute Gasteiger partial charge is 0.445 e. The maximum Gasteiger partial charge on any atom is 0.409 e. The van der Waals surface area contributed by atoms with E-state index in [1.165, 1.54) is 11.1 Å². The first-order valence-corrected chi connectivity index (χ1v) is 12.9. The molecule has 0 saturated heterocycles. The Kier molecular flexibility index (Phi) is 11.3. The third-order valence-electron chi connectivity index (χ3n) is 5.73. The van der Waals surface area contributed by atoms with Gasteiger partial charge in [-0.25, -0.2) is 9.59 Å². The predicted molar refractivity (Wildman–Crippen MR) is 146 cm³/mol. The van der Waals surface area contributed by atoms with Crippen LogP contribution < -0.4 is 10.6 Å². The molecule has 1 aromatic heterocycles. The van der Waals surface area contributed by atoms with Crippen LogP contribution in [0.25, 0.3) is 10.9 Å². The summed E-state index contributed by atoms with van der Waals surface area (Å²) in [5.74, 6) is 0. The van der Waals surface area contributed by atoms with Gasteiger partial charge in [0.05, 0.1) is 17.7 Å². The van der Waals surface area contributed by atoms with E-state index in [1.807, 2.05) is 75.1 Å². The third kappa shape index (κ3) is 9.64. The number of ether oxygens (including phenoxy) is 3. The summed E-state index contributed by atoms with van der Waals surface area (Å²) in [6.07, 6.45) is 2.39. The first-order chi connectivity index (χ1) is 18.3. The van der Waals surface area contributed by atoms with Gasteiger partial charge >= 0.3 is 12.1 Å². The predicted octanol–water partition coefficient (Wildman–Crippen LogP) is 4.98. The van der Waals surface area contributed by atoms with Crippen molar-refractivity contribution >= 4 is 23.0 Å². The van der Waals surface area contributed by atoms with Crippen LogP contribution in [0, 0.1) is 0 Å². The number of pyridine rings is 1. The van der Waals surface area contributed by atoms with Crippen molar-refractivity contribution in [3.05, 3.63) is 77.5 Å². The van der Waals surface area contributed by atoms with E-state index in [4.69, 9.17) is 14.2 Å². The van der Waals surface area contributed by atoms with E-state index in [2.05, 4.69) is 27.8 Å². The lowest BCUT2D eigenvalue weighted by atomic mass is 10.0. The molecule has 0 fully saturated rings. The van der Waals surface area contributed by atoms with Crippen molar-refractivity contribution in [3.63, 3.8) is 0 Å². The zero-order valence-electron chi connectivity index (χ0n) is 22.6. The molecule has 0 atom stereocenters. The highest BCUT2D eigenvalue weighted by molar-refractivity contribution is 5.79. The average Bonchev–Trinajstić information content (AvgIpc) is 2.91. The zero-order valence-corrected chi connectivity index (χ0v) is 22.6. The standard InChI is InChI=1S/C15H18N2O3.C14H20N2O2/c1-11(2)20-10-17-15(18)19-9-12-5-6-14-13(8-12)4-3-7-16-14;1-11(2)18-10-15-14(17)16-8-7-12-5-3-4-6-13(12)9-16/h3-8,11H,9-10H2,1-2H3,(H,17,18);3-6,11H,7-10H2,1-2H3,(H,15,17). The number of fused-ring (bicyclic) bond motifs is 2. The lowest BCUT2D eigenvalue weighted by Gasteiger charge is -2.29. The number of alkyl carbamates (subject to hydrolysis) is 1. The van der Waals surface area contributed by atoms with Gasteiger partial charge in [-0.05, 0) is 69.0 Å². The molecule has 0 radical (unpaired) electrons. The van der Waals surface area contributed by atoms with Crippen LogP contribution in [0.15, 0.2) is 60.8 Å². The Balaban J connectivity index is 0.000000212. The van der Waals surface area contributed by atoms with Crippen LogP contribution in [0.2, 0.25) is 0 Å². The Labute approximate surface area is 224 Å². The number of aromatic nitrogens is 1. The number of hydrogen-bond acceptors (Lipinski definition) is 6. The summed E-state index contributed by atoms with van der Waals surface area (Å²) in [6.45, 7) is 9.79. The fourth-order valence-electron chi connectivity index (χ4n) is 3.73. The second-order valence-electron chi connectivity index (χ2n) is 9.43. The molecule has 0 unspecified atom stereocenters. The fraction of sp³-hybridized carbons (Fsp3) is 0.414. The van der Waals surface area contributed by atoms with Gasteiger partial charge in [0.2, 0.25) is 0 Å². The van der Waals surface area contributed by atoms with Crippen LogP contribution in [0.1, 0.15) is 44.4 Å². The molecule has 2 aromatic carbocycles. The van der Waals surface area contributed by atoms with E-state index in [0.717, 1.165) is 29.4 Å². The van der Waals surface area contributed by atoms with E-state index >= 15 is 0 Å². The van der Waals surface area contributed by atoms with Crippen molar-refractivity contribution < 1.29 is 23.8 Å². The summed E-state index contributed by atoms with van der Waals surface area (Å²) in [6, 6.07) is 17.8. The van der Waals surface area contributed by atoms with E-state index in [0.29, 0.717) is 6.54 Å². The number of nitrogens with one attached hydrogen (secondary N) is 2. The van der Waals surface area contributed by atoms with E-state index in [-0.39, 0.29) is 38.3 Å². The summed E-state index contributed by atoms with van der Waals surface area (Å²) in [4.78, 5) is 29.4. The van der Waals surface area contributed by atoms with E-state index < -0.39 is 6.09 Å².